The molecule has 0 aromatic heterocycles. The van der Waals surface area contributed by atoms with Crippen molar-refractivity contribution in [2.45, 2.75) is 38.5 Å². The van der Waals surface area contributed by atoms with Gasteiger partial charge in [-0.1, -0.05) is 19.1 Å². The topological polar surface area (TPSA) is 75.6 Å². The minimum Gasteiger partial charge on any atom is -0.497 e. The minimum absolute atomic E-state index is 0.0388. The first-order valence-electron chi connectivity index (χ1n) is 7.19. The molecule has 2 N–H and O–H groups in total. The molecule has 0 bridgehead atoms. The van der Waals surface area contributed by atoms with Crippen LogP contribution in [-0.4, -0.2) is 30.6 Å². The third-order valence-electron chi connectivity index (χ3n) is 3.40. The number of nitrogens with one attached hydrogen (secondary N) is 1. The Morgan fingerprint density at radius 3 is 2.48 bits per heavy atom. The van der Waals surface area contributed by atoms with E-state index in [2.05, 4.69) is 5.32 Å². The molecule has 0 saturated heterocycles. The van der Waals surface area contributed by atoms with E-state index in [0.717, 1.165) is 17.7 Å². The predicted octanol–water partition coefficient (Wildman–Crippen LogP) is 2.56. The van der Waals surface area contributed by atoms with Gasteiger partial charge in [0.25, 0.3) is 0 Å². The summed E-state index contributed by atoms with van der Waals surface area (Å²) in [4.78, 5) is 22.3. The van der Waals surface area contributed by atoms with E-state index in [1.165, 1.54) is 0 Å². The molecule has 0 aliphatic heterocycles. The van der Waals surface area contributed by atoms with Gasteiger partial charge in [0.1, 0.15) is 5.75 Å². The maximum Gasteiger partial charge on any atom is 0.303 e. The van der Waals surface area contributed by atoms with E-state index in [9.17, 15) is 9.59 Å². The molecule has 116 valence electrons. The lowest BCUT2D eigenvalue weighted by Crippen LogP contribution is -2.26. The van der Waals surface area contributed by atoms with Gasteiger partial charge in [0.05, 0.1) is 7.11 Å². The zero-order valence-corrected chi connectivity index (χ0v) is 12.6. The third kappa shape index (κ3) is 6.29. The van der Waals surface area contributed by atoms with Crippen LogP contribution < -0.4 is 10.1 Å². The Labute approximate surface area is 125 Å². The second-order valence-corrected chi connectivity index (χ2v) is 4.93. The smallest absolute Gasteiger partial charge is 0.303 e. The Bertz CT molecular complexity index is 456. The summed E-state index contributed by atoms with van der Waals surface area (Å²) in [7, 11) is 1.62. The van der Waals surface area contributed by atoms with E-state index in [0.29, 0.717) is 19.4 Å². The molecule has 5 heteroatoms. The number of carboxylic acid groups (broad SMARTS) is 1. The number of hydrogen-bond acceptors (Lipinski definition) is 3. The molecule has 0 spiro atoms. The van der Waals surface area contributed by atoms with Crippen molar-refractivity contribution in [3.8, 4) is 5.75 Å². The van der Waals surface area contributed by atoms with Crippen LogP contribution in [-0.2, 0) is 9.59 Å². The summed E-state index contributed by atoms with van der Waals surface area (Å²) in [6.07, 6.45) is 1.82. The molecule has 5 nitrogen and oxygen atoms in total. The van der Waals surface area contributed by atoms with Crippen LogP contribution in [0.4, 0.5) is 0 Å². The van der Waals surface area contributed by atoms with Gasteiger partial charge in [-0.15, -0.1) is 0 Å². The highest BCUT2D eigenvalue weighted by Crippen LogP contribution is 2.25. The number of rotatable bonds is 9. The number of aliphatic carboxylic acids is 1. The van der Waals surface area contributed by atoms with Crippen LogP contribution in [0.1, 0.15) is 44.1 Å². The number of carbonyl (C=O) groups excluding carboxylic acids is 1. The average Bonchev–Trinajstić information content (AvgIpc) is 2.49. The van der Waals surface area contributed by atoms with Crippen LogP contribution >= 0.6 is 0 Å². The Kier molecular flexibility index (Phi) is 7.29. The van der Waals surface area contributed by atoms with E-state index in [-0.39, 0.29) is 18.2 Å². The molecular weight excluding hydrogens is 270 g/mol. The highest BCUT2D eigenvalue weighted by atomic mass is 16.5. The van der Waals surface area contributed by atoms with Crippen molar-refractivity contribution in [3.63, 3.8) is 0 Å². The molecule has 1 aromatic carbocycles. The lowest BCUT2D eigenvalue weighted by Gasteiger charge is -2.15. The monoisotopic (exact) mass is 293 g/mol. The van der Waals surface area contributed by atoms with E-state index < -0.39 is 5.97 Å². The lowest BCUT2D eigenvalue weighted by atomic mass is 9.93. The second kappa shape index (κ2) is 9.00. The molecule has 1 rings (SSSR count). The van der Waals surface area contributed by atoms with Crippen molar-refractivity contribution in [1.29, 1.82) is 0 Å². The van der Waals surface area contributed by atoms with Crippen molar-refractivity contribution in [2.75, 3.05) is 13.7 Å². The summed E-state index contributed by atoms with van der Waals surface area (Å²) >= 11 is 0. The molecule has 0 aliphatic rings. The largest absolute Gasteiger partial charge is 0.497 e. The Hall–Kier alpha value is -2.04. The first kappa shape index (κ1) is 17.0. The molecule has 21 heavy (non-hydrogen) atoms. The summed E-state index contributed by atoms with van der Waals surface area (Å²) in [5, 5.41) is 11.3. The van der Waals surface area contributed by atoms with Crippen LogP contribution in [0.3, 0.4) is 0 Å². The molecule has 0 aliphatic carbocycles. The average molecular weight is 293 g/mol. The molecule has 0 saturated carbocycles. The van der Waals surface area contributed by atoms with Crippen molar-refractivity contribution in [3.05, 3.63) is 29.8 Å². The molecule has 0 fully saturated rings. The number of benzene rings is 1. The van der Waals surface area contributed by atoms with Gasteiger partial charge in [-0.3, -0.25) is 9.59 Å². The number of methoxy groups -OCH3 is 1. The van der Waals surface area contributed by atoms with Crippen molar-refractivity contribution in [2.24, 2.45) is 0 Å². The van der Waals surface area contributed by atoms with Crippen molar-refractivity contribution < 1.29 is 19.4 Å². The maximum absolute atomic E-state index is 11.9. The number of hydrogen-bond donors (Lipinski definition) is 2. The van der Waals surface area contributed by atoms with E-state index in [1.54, 1.807) is 7.11 Å². The van der Waals surface area contributed by atoms with Gasteiger partial charge in [0.2, 0.25) is 5.91 Å². The van der Waals surface area contributed by atoms with Crippen molar-refractivity contribution in [1.82, 2.24) is 5.32 Å². The number of amides is 1. The summed E-state index contributed by atoms with van der Waals surface area (Å²) in [5.74, 6) is 0.0825. The fourth-order valence-corrected chi connectivity index (χ4v) is 2.14. The zero-order valence-electron chi connectivity index (χ0n) is 12.6. The first-order valence-corrected chi connectivity index (χ1v) is 7.19. The van der Waals surface area contributed by atoms with Gasteiger partial charge in [-0.05, 0) is 36.5 Å². The van der Waals surface area contributed by atoms with E-state index in [1.807, 2.05) is 31.2 Å². The van der Waals surface area contributed by atoms with Gasteiger partial charge in [-0.2, -0.15) is 0 Å². The number of carboxylic acids is 1. The summed E-state index contributed by atoms with van der Waals surface area (Å²) < 4.78 is 5.12. The molecule has 0 heterocycles. The van der Waals surface area contributed by atoms with Crippen molar-refractivity contribution >= 4 is 11.9 Å². The summed E-state index contributed by atoms with van der Waals surface area (Å²) in [5.41, 5.74) is 1.11. The van der Waals surface area contributed by atoms with Crippen LogP contribution in [0.25, 0.3) is 0 Å². The number of carbonyl (C=O) groups is 2. The van der Waals surface area contributed by atoms with Crippen LogP contribution in [0.5, 0.6) is 5.75 Å². The highest BCUT2D eigenvalue weighted by Gasteiger charge is 2.14. The van der Waals surface area contributed by atoms with Gasteiger partial charge in [0, 0.05) is 19.4 Å². The Morgan fingerprint density at radius 2 is 1.95 bits per heavy atom. The van der Waals surface area contributed by atoms with E-state index >= 15 is 0 Å². The van der Waals surface area contributed by atoms with Gasteiger partial charge < -0.3 is 15.2 Å². The maximum atomic E-state index is 11.9. The molecule has 1 unspecified atom stereocenters. The normalized spacial score (nSPS) is 11.7. The fourth-order valence-electron chi connectivity index (χ4n) is 2.14. The molecule has 1 aromatic rings. The summed E-state index contributed by atoms with van der Waals surface area (Å²) in [6.45, 7) is 2.46. The lowest BCUT2D eigenvalue weighted by molar-refractivity contribution is -0.137. The standard InChI is InChI=1S/C16H23NO4/c1-3-12(13-6-8-14(21-2)9-7-13)11-15(18)17-10-4-5-16(19)20/h6-9,12H,3-5,10-11H2,1-2H3,(H,17,18)(H,19,20). The van der Waals surface area contributed by atoms with Gasteiger partial charge in [-0.25, -0.2) is 0 Å². The predicted molar refractivity (Wildman–Crippen MR) is 80.5 cm³/mol. The SMILES string of the molecule is CCC(CC(=O)NCCCC(=O)O)c1ccc(OC)cc1. The minimum atomic E-state index is -0.839. The highest BCUT2D eigenvalue weighted by molar-refractivity contribution is 5.77. The van der Waals surface area contributed by atoms with Crippen LogP contribution in [0.15, 0.2) is 24.3 Å². The van der Waals surface area contributed by atoms with Gasteiger partial charge >= 0.3 is 5.97 Å². The second-order valence-electron chi connectivity index (χ2n) is 4.93. The summed E-state index contributed by atoms with van der Waals surface area (Å²) in [6, 6.07) is 7.74. The molecule has 1 amide bonds. The quantitative estimate of drug-likeness (QED) is 0.686. The van der Waals surface area contributed by atoms with E-state index in [4.69, 9.17) is 9.84 Å². The molecule has 1 atom stereocenters. The van der Waals surface area contributed by atoms with Gasteiger partial charge in [0.15, 0.2) is 0 Å². The van der Waals surface area contributed by atoms with Crippen LogP contribution in [0.2, 0.25) is 0 Å². The Morgan fingerprint density at radius 1 is 1.29 bits per heavy atom. The van der Waals surface area contributed by atoms with Crippen LogP contribution in [0, 0.1) is 0 Å². The number of ether oxygens (including phenoxy) is 1. The first-order chi connectivity index (χ1) is 10.1. The zero-order chi connectivity index (χ0) is 15.7. The fraction of sp³-hybridized carbons (Fsp3) is 0.500. The Balaban J connectivity index is 2.45. The molecule has 0 radical (unpaired) electrons. The molecular formula is C16H23NO4. The third-order valence-corrected chi connectivity index (χ3v) is 3.40.